The molecule has 0 aliphatic carbocycles. The zero-order chi connectivity index (χ0) is 20.8. The minimum atomic E-state index is -3.05. The molecule has 150 valence electrons. The van der Waals surface area contributed by atoms with E-state index in [0.29, 0.717) is 34.3 Å². The first-order valence-electron chi connectivity index (χ1n) is 9.39. The van der Waals surface area contributed by atoms with E-state index in [9.17, 15) is 18.0 Å². The number of nitrogens with one attached hydrogen (secondary N) is 1. The van der Waals surface area contributed by atoms with Gasteiger partial charge in [-0.3, -0.25) is 9.59 Å². The van der Waals surface area contributed by atoms with Crippen molar-refractivity contribution in [1.82, 2.24) is 5.32 Å². The van der Waals surface area contributed by atoms with Gasteiger partial charge in [0, 0.05) is 23.2 Å². The number of rotatable bonds is 3. The molecule has 1 unspecified atom stereocenters. The molecule has 6 nitrogen and oxygen atoms in total. The van der Waals surface area contributed by atoms with Gasteiger partial charge in [0.2, 0.25) is 0 Å². The molecule has 7 heteroatoms. The third-order valence-electron chi connectivity index (χ3n) is 5.16. The van der Waals surface area contributed by atoms with Crippen molar-refractivity contribution in [1.29, 1.82) is 0 Å². The zero-order valence-corrected chi connectivity index (χ0v) is 17.0. The van der Waals surface area contributed by atoms with Gasteiger partial charge in [0.15, 0.2) is 15.3 Å². The van der Waals surface area contributed by atoms with Crippen LogP contribution in [-0.2, 0) is 9.84 Å². The number of fused-ring (bicyclic) bond motifs is 1. The Morgan fingerprint density at radius 2 is 1.83 bits per heavy atom. The summed E-state index contributed by atoms with van der Waals surface area (Å²) < 4.78 is 29.1. The summed E-state index contributed by atoms with van der Waals surface area (Å²) in [5.74, 6) is 0.211. The van der Waals surface area contributed by atoms with Gasteiger partial charge in [-0.1, -0.05) is 18.2 Å². The monoisotopic (exact) mass is 411 g/mol. The lowest BCUT2D eigenvalue weighted by Crippen LogP contribution is -2.35. The van der Waals surface area contributed by atoms with E-state index in [4.69, 9.17) is 4.42 Å². The summed E-state index contributed by atoms with van der Waals surface area (Å²) in [4.78, 5) is 24.9. The fourth-order valence-electron chi connectivity index (χ4n) is 3.71. The Morgan fingerprint density at radius 1 is 1.10 bits per heavy atom. The number of hydrogen-bond acceptors (Lipinski definition) is 5. The summed E-state index contributed by atoms with van der Waals surface area (Å²) in [6.07, 6.45) is 0.438. The molecule has 1 amide bonds. The van der Waals surface area contributed by atoms with E-state index in [0.717, 1.165) is 11.1 Å². The molecule has 1 aromatic heterocycles. The minimum Gasteiger partial charge on any atom is -0.456 e. The van der Waals surface area contributed by atoms with Crippen molar-refractivity contribution in [3.05, 3.63) is 69.4 Å². The number of sulfone groups is 1. The van der Waals surface area contributed by atoms with Crippen LogP contribution in [0.5, 0.6) is 0 Å². The van der Waals surface area contributed by atoms with Crippen LogP contribution in [0.2, 0.25) is 0 Å². The lowest BCUT2D eigenvalue weighted by molar-refractivity contribution is 0.0941. The van der Waals surface area contributed by atoms with Crippen LogP contribution in [0.25, 0.3) is 22.3 Å². The molecule has 29 heavy (non-hydrogen) atoms. The molecule has 1 N–H and O–H groups in total. The third-order valence-corrected chi connectivity index (χ3v) is 6.93. The molecule has 2 aromatic carbocycles. The van der Waals surface area contributed by atoms with Crippen LogP contribution in [0.3, 0.4) is 0 Å². The maximum atomic E-state index is 12.5. The second-order valence-electron chi connectivity index (χ2n) is 7.58. The van der Waals surface area contributed by atoms with Crippen molar-refractivity contribution in [3.63, 3.8) is 0 Å². The molecule has 0 saturated carbocycles. The van der Waals surface area contributed by atoms with Crippen molar-refractivity contribution >= 4 is 26.7 Å². The van der Waals surface area contributed by atoms with Gasteiger partial charge in [-0.15, -0.1) is 0 Å². The van der Waals surface area contributed by atoms with Crippen LogP contribution in [0.4, 0.5) is 0 Å². The maximum absolute atomic E-state index is 12.5. The number of aryl methyl sites for hydroxylation is 2. The smallest absolute Gasteiger partial charge is 0.251 e. The molecule has 1 saturated heterocycles. The second kappa shape index (κ2) is 7.15. The molecule has 4 rings (SSSR count). The van der Waals surface area contributed by atoms with Crippen LogP contribution in [0, 0.1) is 13.8 Å². The van der Waals surface area contributed by atoms with Gasteiger partial charge in [0.05, 0.1) is 16.9 Å². The maximum Gasteiger partial charge on any atom is 0.251 e. The average molecular weight is 411 g/mol. The van der Waals surface area contributed by atoms with Crippen LogP contribution in [-0.4, -0.2) is 31.9 Å². The van der Waals surface area contributed by atoms with E-state index in [1.165, 1.54) is 6.07 Å². The second-order valence-corrected chi connectivity index (χ2v) is 9.81. The lowest BCUT2D eigenvalue weighted by atomic mass is 10.1. The number of amides is 1. The molecule has 0 spiro atoms. The minimum absolute atomic E-state index is 0.0160. The Hall–Kier alpha value is -2.93. The van der Waals surface area contributed by atoms with Gasteiger partial charge in [0.25, 0.3) is 5.91 Å². The van der Waals surface area contributed by atoms with Gasteiger partial charge >= 0.3 is 0 Å². The SMILES string of the molecule is Cc1cc(C)c2oc(-c3ccc(C(=O)NC4CCS(=O)(=O)C4)cc3)cc(=O)c2c1. The molecule has 2 heterocycles. The summed E-state index contributed by atoms with van der Waals surface area (Å²) in [7, 11) is -3.05. The standard InChI is InChI=1S/C22H21NO5S/c1-13-9-14(2)21-18(10-13)19(24)11-20(28-21)15-3-5-16(6-4-15)22(25)23-17-7-8-29(26,27)12-17/h3-6,9-11,17H,7-8,12H2,1-2H3,(H,23,25). The van der Waals surface area contributed by atoms with Crippen molar-refractivity contribution in [2.75, 3.05) is 11.5 Å². The molecule has 1 fully saturated rings. The summed E-state index contributed by atoms with van der Waals surface area (Å²) in [6, 6.07) is 11.6. The topological polar surface area (TPSA) is 93.4 Å². The first-order valence-corrected chi connectivity index (χ1v) is 11.2. The van der Waals surface area contributed by atoms with Crippen LogP contribution in [0.1, 0.15) is 27.9 Å². The van der Waals surface area contributed by atoms with E-state index >= 15 is 0 Å². The fourth-order valence-corrected chi connectivity index (χ4v) is 5.39. The van der Waals surface area contributed by atoms with Crippen LogP contribution < -0.4 is 10.7 Å². The zero-order valence-electron chi connectivity index (χ0n) is 16.2. The Morgan fingerprint density at radius 3 is 2.48 bits per heavy atom. The van der Waals surface area contributed by atoms with Crippen molar-refractivity contribution < 1.29 is 17.6 Å². The Balaban J connectivity index is 1.59. The van der Waals surface area contributed by atoms with E-state index in [1.54, 1.807) is 24.3 Å². The molecule has 1 atom stereocenters. The van der Waals surface area contributed by atoms with Gasteiger partial charge in [-0.05, 0) is 49.6 Å². The average Bonchev–Trinajstić information content (AvgIpc) is 3.01. The predicted octanol–water partition coefficient (Wildman–Crippen LogP) is 2.99. The van der Waals surface area contributed by atoms with Crippen LogP contribution in [0.15, 0.2) is 51.7 Å². The highest BCUT2D eigenvalue weighted by Gasteiger charge is 2.29. The Labute approximate surface area is 168 Å². The number of carbonyl (C=O) groups is 1. The van der Waals surface area contributed by atoms with Gasteiger partial charge in [-0.25, -0.2) is 8.42 Å². The Kier molecular flexibility index (Phi) is 4.78. The van der Waals surface area contributed by atoms with E-state index in [-0.39, 0.29) is 28.9 Å². The van der Waals surface area contributed by atoms with Gasteiger partial charge in [-0.2, -0.15) is 0 Å². The van der Waals surface area contributed by atoms with E-state index < -0.39 is 9.84 Å². The van der Waals surface area contributed by atoms with Gasteiger partial charge < -0.3 is 9.73 Å². The first kappa shape index (κ1) is 19.4. The molecular formula is C22H21NO5S. The number of hydrogen-bond donors (Lipinski definition) is 1. The van der Waals surface area contributed by atoms with E-state index in [2.05, 4.69) is 5.32 Å². The highest BCUT2D eigenvalue weighted by Crippen LogP contribution is 2.25. The lowest BCUT2D eigenvalue weighted by Gasteiger charge is -2.11. The first-order chi connectivity index (χ1) is 13.7. The molecule has 1 aliphatic rings. The molecule has 0 radical (unpaired) electrons. The summed E-state index contributed by atoms with van der Waals surface area (Å²) in [5, 5.41) is 3.31. The largest absolute Gasteiger partial charge is 0.456 e. The Bertz CT molecular complexity index is 1270. The quantitative estimate of drug-likeness (QED) is 0.715. The van der Waals surface area contributed by atoms with Crippen LogP contribution >= 0.6 is 0 Å². The predicted molar refractivity (Wildman–Crippen MR) is 112 cm³/mol. The highest BCUT2D eigenvalue weighted by atomic mass is 32.2. The van der Waals surface area contributed by atoms with Crippen molar-refractivity contribution in [3.8, 4) is 11.3 Å². The van der Waals surface area contributed by atoms with Gasteiger partial charge in [0.1, 0.15) is 11.3 Å². The van der Waals surface area contributed by atoms with Crippen molar-refractivity contribution in [2.24, 2.45) is 0 Å². The fraction of sp³-hybridized carbons (Fsp3) is 0.273. The summed E-state index contributed by atoms with van der Waals surface area (Å²) in [5.41, 5.74) is 3.44. The van der Waals surface area contributed by atoms with Crippen molar-refractivity contribution in [2.45, 2.75) is 26.3 Å². The normalized spacial score (nSPS) is 18.1. The number of carbonyl (C=O) groups excluding carboxylic acids is 1. The molecule has 3 aromatic rings. The number of benzene rings is 2. The summed E-state index contributed by atoms with van der Waals surface area (Å²) >= 11 is 0. The molecular weight excluding hydrogens is 390 g/mol. The third kappa shape index (κ3) is 3.96. The molecule has 1 aliphatic heterocycles. The van der Waals surface area contributed by atoms with E-state index in [1.807, 2.05) is 26.0 Å². The highest BCUT2D eigenvalue weighted by molar-refractivity contribution is 7.91. The molecule has 0 bridgehead atoms. The summed E-state index contributed by atoms with van der Waals surface area (Å²) in [6.45, 7) is 3.84.